The van der Waals surface area contributed by atoms with Crippen molar-refractivity contribution >= 4 is 16.6 Å². The van der Waals surface area contributed by atoms with Gasteiger partial charge in [-0.3, -0.25) is 9.88 Å². The Morgan fingerprint density at radius 3 is 2.42 bits per heavy atom. The first-order valence-corrected chi connectivity index (χ1v) is 13.0. The Balaban J connectivity index is 1.37. The number of piperidine rings is 1. The first kappa shape index (κ1) is 28.0. The van der Waals surface area contributed by atoms with E-state index in [0.29, 0.717) is 31.7 Å². The second-order valence-electron chi connectivity index (χ2n) is 10.3. The van der Waals surface area contributed by atoms with Crippen molar-refractivity contribution in [2.45, 2.75) is 31.8 Å². The lowest BCUT2D eigenvalue weighted by Gasteiger charge is -2.41. The highest BCUT2D eigenvalue weighted by Gasteiger charge is 2.35. The van der Waals surface area contributed by atoms with Gasteiger partial charge in [0.1, 0.15) is 29.7 Å². The fourth-order valence-corrected chi connectivity index (χ4v) is 5.25. The Labute approximate surface area is 222 Å². The number of aliphatic hydroxyl groups excluding tert-OH is 2. The van der Waals surface area contributed by atoms with E-state index >= 15 is 0 Å². The molecule has 0 bridgehead atoms. The third kappa shape index (κ3) is 6.51. The number of fused-ring (bicyclic) bond motifs is 1. The number of benzene rings is 2. The van der Waals surface area contributed by atoms with E-state index in [-0.39, 0.29) is 17.8 Å². The largest absolute Gasteiger partial charge is 0.497 e. The Morgan fingerprint density at radius 1 is 1.08 bits per heavy atom. The zero-order chi connectivity index (χ0) is 27.3. The van der Waals surface area contributed by atoms with Crippen LogP contribution in [0, 0.1) is 17.0 Å². The van der Waals surface area contributed by atoms with Crippen molar-refractivity contribution < 1.29 is 28.5 Å². The molecule has 2 aromatic carbocycles. The molecule has 1 saturated heterocycles. The molecule has 206 valence electrons. The molecule has 1 aliphatic heterocycles. The fourth-order valence-electron chi connectivity index (χ4n) is 5.25. The minimum Gasteiger partial charge on any atom is -0.497 e. The van der Waals surface area contributed by atoms with Gasteiger partial charge in [-0.05, 0) is 62.4 Å². The summed E-state index contributed by atoms with van der Waals surface area (Å²) in [5, 5.41) is 22.6. The normalized spacial score (nSPS) is 16.4. The van der Waals surface area contributed by atoms with Crippen LogP contribution >= 0.6 is 0 Å². The first-order chi connectivity index (χ1) is 18.2. The van der Waals surface area contributed by atoms with E-state index in [4.69, 9.17) is 9.47 Å². The Bertz CT molecular complexity index is 1210. The monoisotopic (exact) mass is 529 g/mol. The summed E-state index contributed by atoms with van der Waals surface area (Å²) in [5.74, 6) is -0.445. The van der Waals surface area contributed by atoms with Gasteiger partial charge in [0.05, 0.1) is 30.6 Å². The maximum absolute atomic E-state index is 13.4. The number of methoxy groups -OCH3 is 1. The lowest BCUT2D eigenvalue weighted by atomic mass is 9.74. The molecule has 7 nitrogen and oxygen atoms in total. The molecule has 0 saturated carbocycles. The predicted octanol–water partition coefficient (Wildman–Crippen LogP) is 4.55. The number of hydrogen-bond acceptors (Lipinski definition) is 7. The van der Waals surface area contributed by atoms with Crippen molar-refractivity contribution in [3.05, 3.63) is 59.8 Å². The van der Waals surface area contributed by atoms with Crippen LogP contribution in [0.15, 0.2) is 42.6 Å². The van der Waals surface area contributed by atoms with Crippen LogP contribution < -0.4 is 14.4 Å². The molecule has 1 atom stereocenters. The minimum atomic E-state index is -0.730. The topological polar surface area (TPSA) is 78.3 Å². The third-order valence-electron chi connectivity index (χ3n) is 7.62. The molecular formula is C29H37F2N3O4. The lowest BCUT2D eigenvalue weighted by Crippen LogP contribution is -2.43. The van der Waals surface area contributed by atoms with Crippen LogP contribution in [0.2, 0.25) is 0 Å². The lowest BCUT2D eigenvalue weighted by molar-refractivity contribution is 0.0205. The molecule has 0 spiro atoms. The molecule has 9 heteroatoms. The van der Waals surface area contributed by atoms with E-state index < -0.39 is 17.7 Å². The molecule has 4 rings (SSSR count). The molecule has 0 unspecified atom stereocenters. The number of aliphatic hydroxyl groups is 2. The average molecular weight is 530 g/mol. The highest BCUT2D eigenvalue weighted by molar-refractivity contribution is 5.88. The minimum absolute atomic E-state index is 0.0537. The van der Waals surface area contributed by atoms with Gasteiger partial charge in [-0.25, -0.2) is 8.78 Å². The second kappa shape index (κ2) is 12.2. The molecule has 1 aliphatic rings. The van der Waals surface area contributed by atoms with Crippen molar-refractivity contribution in [2.24, 2.45) is 5.41 Å². The van der Waals surface area contributed by atoms with Gasteiger partial charge in [0.25, 0.3) is 0 Å². The predicted molar refractivity (Wildman–Crippen MR) is 144 cm³/mol. The molecule has 0 radical (unpaired) electrons. The number of hydrogen-bond donors (Lipinski definition) is 2. The summed E-state index contributed by atoms with van der Waals surface area (Å²) in [7, 11) is 5.47. The van der Waals surface area contributed by atoms with Crippen LogP contribution in [0.1, 0.15) is 37.4 Å². The molecule has 0 amide bonds. The van der Waals surface area contributed by atoms with Gasteiger partial charge in [0.15, 0.2) is 0 Å². The fraction of sp³-hybridized carbons (Fsp3) is 0.483. The van der Waals surface area contributed by atoms with Crippen LogP contribution in [-0.2, 0) is 0 Å². The smallest absolute Gasteiger partial charge is 0.129 e. The van der Waals surface area contributed by atoms with E-state index in [9.17, 15) is 19.0 Å². The van der Waals surface area contributed by atoms with Crippen LogP contribution in [0.5, 0.6) is 11.5 Å². The number of halogens is 2. The molecular weight excluding hydrogens is 492 g/mol. The van der Waals surface area contributed by atoms with Gasteiger partial charge < -0.3 is 24.6 Å². The standard InChI is InChI=1S/C29H37F2N3O4/c1-33(2)26-18-32-25-5-4-22(37-3)17-24(25)28(26)27(36)6-7-29(19-35)8-10-34(11-9-29)12-13-38-23-15-20(30)14-21(31)16-23/h4-5,14-18,27,35-36H,6-13,19H2,1-3H3/t27-/m0/s1. The number of nitrogens with zero attached hydrogens (tertiary/aromatic N) is 3. The Kier molecular flexibility index (Phi) is 9.02. The summed E-state index contributed by atoms with van der Waals surface area (Å²) in [6.45, 7) is 2.54. The van der Waals surface area contributed by atoms with Gasteiger partial charge in [-0.1, -0.05) is 0 Å². The van der Waals surface area contributed by atoms with Crippen molar-refractivity contribution in [1.29, 1.82) is 0 Å². The Hall–Kier alpha value is -3.01. The summed E-state index contributed by atoms with van der Waals surface area (Å²) >= 11 is 0. The van der Waals surface area contributed by atoms with Gasteiger partial charge in [-0.15, -0.1) is 0 Å². The second-order valence-corrected chi connectivity index (χ2v) is 10.3. The van der Waals surface area contributed by atoms with E-state index in [1.807, 2.05) is 37.2 Å². The van der Waals surface area contributed by atoms with Gasteiger partial charge >= 0.3 is 0 Å². The van der Waals surface area contributed by atoms with E-state index in [1.165, 1.54) is 12.1 Å². The van der Waals surface area contributed by atoms with Crippen LogP contribution in [0.3, 0.4) is 0 Å². The van der Waals surface area contributed by atoms with E-state index in [1.54, 1.807) is 13.3 Å². The molecule has 1 fully saturated rings. The maximum Gasteiger partial charge on any atom is 0.129 e. The van der Waals surface area contributed by atoms with E-state index in [0.717, 1.165) is 54.2 Å². The number of pyridine rings is 1. The molecule has 2 N–H and O–H groups in total. The van der Waals surface area contributed by atoms with Crippen LogP contribution in [0.4, 0.5) is 14.5 Å². The highest BCUT2D eigenvalue weighted by atomic mass is 19.1. The van der Waals surface area contributed by atoms with Crippen molar-refractivity contribution in [1.82, 2.24) is 9.88 Å². The van der Waals surface area contributed by atoms with Crippen LogP contribution in [0.25, 0.3) is 10.9 Å². The van der Waals surface area contributed by atoms with Crippen molar-refractivity contribution in [3.8, 4) is 11.5 Å². The van der Waals surface area contributed by atoms with Crippen LogP contribution in [-0.4, -0.2) is 74.2 Å². The third-order valence-corrected chi connectivity index (χ3v) is 7.62. The van der Waals surface area contributed by atoms with E-state index in [2.05, 4.69) is 9.88 Å². The summed E-state index contributed by atoms with van der Waals surface area (Å²) in [4.78, 5) is 8.74. The zero-order valence-corrected chi connectivity index (χ0v) is 22.3. The summed E-state index contributed by atoms with van der Waals surface area (Å²) in [6, 6.07) is 8.82. The Morgan fingerprint density at radius 2 is 1.79 bits per heavy atom. The quantitative estimate of drug-likeness (QED) is 0.377. The molecule has 1 aromatic heterocycles. The molecule has 3 aromatic rings. The summed E-state index contributed by atoms with van der Waals surface area (Å²) in [5.41, 5.74) is 2.18. The molecule has 2 heterocycles. The number of rotatable bonds is 11. The number of ether oxygens (including phenoxy) is 2. The molecule has 38 heavy (non-hydrogen) atoms. The highest BCUT2D eigenvalue weighted by Crippen LogP contribution is 2.41. The summed E-state index contributed by atoms with van der Waals surface area (Å²) in [6.07, 6.45) is 3.82. The zero-order valence-electron chi connectivity index (χ0n) is 22.3. The summed E-state index contributed by atoms with van der Waals surface area (Å²) < 4.78 is 37.7. The van der Waals surface area contributed by atoms with Gasteiger partial charge in [-0.2, -0.15) is 0 Å². The van der Waals surface area contributed by atoms with Crippen molar-refractivity contribution in [2.75, 3.05) is 59.0 Å². The molecule has 0 aliphatic carbocycles. The van der Waals surface area contributed by atoms with Gasteiger partial charge in [0.2, 0.25) is 0 Å². The average Bonchev–Trinajstić information content (AvgIpc) is 2.91. The van der Waals surface area contributed by atoms with Crippen molar-refractivity contribution in [3.63, 3.8) is 0 Å². The number of likely N-dealkylation sites (tertiary alicyclic amines) is 1. The maximum atomic E-state index is 13.4. The number of aromatic nitrogens is 1. The SMILES string of the molecule is COc1ccc2ncc(N(C)C)c([C@@H](O)CCC3(CO)CCN(CCOc4cc(F)cc(F)c4)CC3)c2c1. The first-order valence-electron chi connectivity index (χ1n) is 13.0. The number of anilines is 1. The van der Waals surface area contributed by atoms with Gasteiger partial charge in [0, 0.05) is 56.4 Å².